The first kappa shape index (κ1) is 11.5. The Morgan fingerprint density at radius 3 is 2.27 bits per heavy atom. The van der Waals surface area contributed by atoms with Crippen LogP contribution >= 0.6 is 7.95 Å². The number of morpholine rings is 1. The Labute approximate surface area is 92.4 Å². The minimum atomic E-state index is -1.11. The molecule has 0 aliphatic carbocycles. The lowest BCUT2D eigenvalue weighted by Crippen LogP contribution is -2.47. The van der Waals surface area contributed by atoms with Gasteiger partial charge in [-0.05, 0) is 12.8 Å². The van der Waals surface area contributed by atoms with E-state index in [-0.39, 0.29) is 0 Å². The highest BCUT2D eigenvalue weighted by Crippen LogP contribution is 2.28. The van der Waals surface area contributed by atoms with Gasteiger partial charge in [-0.2, -0.15) is 0 Å². The molecular weight excluding hydrogens is 211 g/mol. The van der Waals surface area contributed by atoms with Crippen LogP contribution in [0.1, 0.15) is 12.8 Å². The van der Waals surface area contributed by atoms with Crippen molar-refractivity contribution in [2.24, 2.45) is 0 Å². The Morgan fingerprint density at radius 2 is 1.73 bits per heavy atom. The van der Waals surface area contributed by atoms with Gasteiger partial charge in [0, 0.05) is 32.2 Å². The maximum atomic E-state index is 11.3. The predicted octanol–water partition coefficient (Wildman–Crippen LogP) is 1.16. The molecule has 2 aliphatic heterocycles. The molecule has 2 rings (SSSR count). The third kappa shape index (κ3) is 2.97. The van der Waals surface area contributed by atoms with Gasteiger partial charge in [0.25, 0.3) is 0 Å². The van der Waals surface area contributed by atoms with Gasteiger partial charge in [-0.1, -0.05) is 9.24 Å². The summed E-state index contributed by atoms with van der Waals surface area (Å²) in [6.07, 6.45) is 2.32. The fourth-order valence-corrected chi connectivity index (χ4v) is 3.24. The summed E-state index contributed by atoms with van der Waals surface area (Å²) in [6, 6.07) is 0.695. The Kier molecular flexibility index (Phi) is 4.09. The van der Waals surface area contributed by atoms with Gasteiger partial charge in [-0.15, -0.1) is 0 Å². The first-order valence-electron chi connectivity index (χ1n) is 5.75. The molecule has 86 valence electrons. The first-order chi connectivity index (χ1) is 7.27. The minimum Gasteiger partial charge on any atom is -0.379 e. The topological polar surface area (TPSA) is 32.8 Å². The number of nitrogens with zero attached hydrogens (tertiary/aromatic N) is 2. The Hall–Kier alpha value is -0.0200. The van der Waals surface area contributed by atoms with Crippen molar-refractivity contribution in [1.29, 1.82) is 0 Å². The zero-order valence-corrected chi connectivity index (χ0v) is 10.3. The van der Waals surface area contributed by atoms with E-state index in [2.05, 4.69) is 9.57 Å². The van der Waals surface area contributed by atoms with Gasteiger partial charge in [-0.25, -0.2) is 0 Å². The van der Waals surface area contributed by atoms with Crippen molar-refractivity contribution < 1.29 is 9.30 Å². The quantitative estimate of drug-likeness (QED) is 0.667. The smallest absolute Gasteiger partial charge is 0.379 e. The summed E-state index contributed by atoms with van der Waals surface area (Å²) in [7, 11) is -1.11. The summed E-state index contributed by atoms with van der Waals surface area (Å²) in [6.45, 7) is 7.70. The van der Waals surface area contributed by atoms with E-state index in [9.17, 15) is 4.57 Å². The molecule has 0 spiro atoms. The van der Waals surface area contributed by atoms with Crippen LogP contribution in [0.25, 0.3) is 0 Å². The van der Waals surface area contributed by atoms with Gasteiger partial charge in [0.1, 0.15) is 0 Å². The summed E-state index contributed by atoms with van der Waals surface area (Å²) >= 11 is 0. The number of rotatable bonds is 2. The van der Waals surface area contributed by atoms with Gasteiger partial charge in [0.15, 0.2) is 6.66 Å². The fourth-order valence-electron chi connectivity index (χ4n) is 2.44. The second kappa shape index (κ2) is 5.35. The van der Waals surface area contributed by atoms with E-state index >= 15 is 0 Å². The van der Waals surface area contributed by atoms with Crippen molar-refractivity contribution in [1.82, 2.24) is 9.57 Å². The number of ether oxygens (including phenoxy) is 1. The second-order valence-electron chi connectivity index (χ2n) is 4.30. The summed E-state index contributed by atoms with van der Waals surface area (Å²) in [5, 5.41) is 0. The maximum Gasteiger partial charge on any atom is 0.431 e. The molecule has 5 heteroatoms. The van der Waals surface area contributed by atoms with Crippen LogP contribution in [0.4, 0.5) is 0 Å². The molecule has 1 unspecified atom stereocenters. The highest BCUT2D eigenvalue weighted by Gasteiger charge is 2.31. The van der Waals surface area contributed by atoms with Crippen molar-refractivity contribution in [3.63, 3.8) is 0 Å². The lowest BCUT2D eigenvalue weighted by molar-refractivity contribution is 0.00618. The third-order valence-corrected chi connectivity index (χ3v) is 4.60. The monoisotopic (exact) mass is 231 g/mol. The van der Waals surface area contributed by atoms with Crippen LogP contribution in [0.2, 0.25) is 0 Å². The normalized spacial score (nSPS) is 27.9. The Balaban J connectivity index is 1.79. The fraction of sp³-hybridized carbons (Fsp3) is 1.00. The average Bonchev–Trinajstić information content (AvgIpc) is 2.30. The second-order valence-corrected chi connectivity index (χ2v) is 5.79. The van der Waals surface area contributed by atoms with Crippen LogP contribution in [-0.2, 0) is 9.30 Å². The van der Waals surface area contributed by atoms with Gasteiger partial charge < -0.3 is 4.74 Å². The van der Waals surface area contributed by atoms with E-state index in [1.54, 1.807) is 0 Å². The molecule has 1 atom stereocenters. The van der Waals surface area contributed by atoms with E-state index in [1.807, 2.05) is 6.66 Å². The van der Waals surface area contributed by atoms with Crippen LogP contribution in [0.15, 0.2) is 0 Å². The van der Waals surface area contributed by atoms with E-state index in [1.165, 1.54) is 0 Å². The Morgan fingerprint density at radius 1 is 1.13 bits per heavy atom. The Bertz CT molecular complexity index is 223. The van der Waals surface area contributed by atoms with Gasteiger partial charge >= 0.3 is 7.95 Å². The molecule has 0 aromatic heterocycles. The summed E-state index contributed by atoms with van der Waals surface area (Å²) < 4.78 is 18.8. The molecule has 4 nitrogen and oxygen atoms in total. The van der Waals surface area contributed by atoms with Crippen LogP contribution in [-0.4, -0.2) is 61.7 Å². The molecule has 15 heavy (non-hydrogen) atoms. The van der Waals surface area contributed by atoms with E-state index in [0.29, 0.717) is 6.04 Å². The van der Waals surface area contributed by atoms with E-state index < -0.39 is 7.95 Å². The summed E-state index contributed by atoms with van der Waals surface area (Å²) in [5.41, 5.74) is 0. The molecule has 0 amide bonds. The van der Waals surface area contributed by atoms with Crippen molar-refractivity contribution in [3.8, 4) is 0 Å². The summed E-state index contributed by atoms with van der Waals surface area (Å²) in [4.78, 5) is 2.53. The van der Waals surface area contributed by atoms with Crippen molar-refractivity contribution in [2.75, 3.05) is 46.1 Å². The molecule has 0 aromatic carbocycles. The lowest BCUT2D eigenvalue weighted by atomic mass is 10.0. The number of piperidine rings is 1. The molecule has 0 saturated carbocycles. The predicted molar refractivity (Wildman–Crippen MR) is 60.5 cm³/mol. The van der Waals surface area contributed by atoms with Crippen molar-refractivity contribution >= 4 is 7.95 Å². The molecule has 2 heterocycles. The van der Waals surface area contributed by atoms with Crippen molar-refractivity contribution in [2.45, 2.75) is 18.9 Å². The minimum absolute atomic E-state index is 0.695. The molecule has 2 saturated heterocycles. The van der Waals surface area contributed by atoms with E-state index in [4.69, 9.17) is 4.74 Å². The van der Waals surface area contributed by atoms with Gasteiger partial charge in [0.2, 0.25) is 0 Å². The highest BCUT2D eigenvalue weighted by molar-refractivity contribution is 7.41. The standard InChI is InChI=1S/C10H20N2O2P/c1-15(13)12-4-2-10(3-5-12)11-6-8-14-9-7-11/h10H,2-9H2,1H3/q+1. The van der Waals surface area contributed by atoms with Crippen LogP contribution < -0.4 is 0 Å². The van der Waals surface area contributed by atoms with E-state index in [0.717, 1.165) is 52.2 Å². The van der Waals surface area contributed by atoms with Gasteiger partial charge in [0.05, 0.1) is 13.2 Å². The first-order valence-corrected chi connectivity index (χ1v) is 7.41. The highest BCUT2D eigenvalue weighted by atomic mass is 31.1. The SMILES string of the molecule is C[P+](=O)N1CCC(N2CCOCC2)CC1. The van der Waals surface area contributed by atoms with Crippen LogP contribution in [0.5, 0.6) is 0 Å². The summed E-state index contributed by atoms with van der Waals surface area (Å²) in [5.74, 6) is 0. The zero-order chi connectivity index (χ0) is 10.7. The van der Waals surface area contributed by atoms with Crippen molar-refractivity contribution in [3.05, 3.63) is 0 Å². The molecule has 0 radical (unpaired) electrons. The van der Waals surface area contributed by atoms with Crippen LogP contribution in [0, 0.1) is 0 Å². The number of hydrogen-bond acceptors (Lipinski definition) is 3. The molecule has 0 aromatic rings. The molecule has 2 fully saturated rings. The van der Waals surface area contributed by atoms with Crippen LogP contribution in [0.3, 0.4) is 0 Å². The average molecular weight is 231 g/mol. The van der Waals surface area contributed by atoms with Gasteiger partial charge in [-0.3, -0.25) is 4.90 Å². The zero-order valence-electron chi connectivity index (χ0n) is 9.39. The molecule has 0 N–H and O–H groups in total. The third-order valence-electron chi connectivity index (χ3n) is 3.40. The lowest BCUT2D eigenvalue weighted by Gasteiger charge is -2.37. The number of hydrogen-bond donors (Lipinski definition) is 0. The molecular formula is C10H20N2O2P+. The molecule has 2 aliphatic rings. The maximum absolute atomic E-state index is 11.3. The molecule has 0 bridgehead atoms. The largest absolute Gasteiger partial charge is 0.431 e.